The first-order valence-electron chi connectivity index (χ1n) is 7.02. The van der Waals surface area contributed by atoms with Gasteiger partial charge in [-0.05, 0) is 25.0 Å². The maximum atomic E-state index is 14.1. The van der Waals surface area contributed by atoms with Crippen LogP contribution in [0.1, 0.15) is 24.5 Å². The van der Waals surface area contributed by atoms with Crippen molar-refractivity contribution in [1.82, 2.24) is 19.6 Å². The van der Waals surface area contributed by atoms with Crippen molar-refractivity contribution in [2.24, 2.45) is 0 Å². The van der Waals surface area contributed by atoms with Gasteiger partial charge in [-0.15, -0.1) is 0 Å². The Bertz CT molecular complexity index is 872. The molecule has 0 unspecified atom stereocenters. The number of ether oxygens (including phenoxy) is 1. The number of nitrogens with zero attached hydrogens (tertiary/aromatic N) is 4. The highest BCUT2D eigenvalue weighted by Gasteiger charge is 2.29. The summed E-state index contributed by atoms with van der Waals surface area (Å²) in [4.78, 5) is 8.72. The maximum Gasteiger partial charge on any atom is 0.165 e. The quantitative estimate of drug-likeness (QED) is 0.803. The molecule has 22 heavy (non-hydrogen) atoms. The van der Waals surface area contributed by atoms with Crippen LogP contribution in [0.15, 0.2) is 24.5 Å². The van der Waals surface area contributed by atoms with Gasteiger partial charge in [0.2, 0.25) is 0 Å². The Kier molecular flexibility index (Phi) is 2.75. The number of anilines is 1. The summed E-state index contributed by atoms with van der Waals surface area (Å²) in [6, 6.07) is 2.73. The van der Waals surface area contributed by atoms with E-state index in [1.807, 2.05) is 0 Å². The van der Waals surface area contributed by atoms with Crippen LogP contribution in [0.5, 0.6) is 5.75 Å². The lowest BCUT2D eigenvalue weighted by molar-refractivity contribution is 0.403. The fourth-order valence-electron chi connectivity index (χ4n) is 2.53. The van der Waals surface area contributed by atoms with Crippen molar-refractivity contribution in [2.75, 3.05) is 12.8 Å². The van der Waals surface area contributed by atoms with Crippen LogP contribution in [0.2, 0.25) is 0 Å². The van der Waals surface area contributed by atoms with Crippen LogP contribution >= 0.6 is 0 Å². The molecule has 112 valence electrons. The molecule has 0 saturated heterocycles. The zero-order chi connectivity index (χ0) is 15.3. The van der Waals surface area contributed by atoms with Gasteiger partial charge in [-0.25, -0.2) is 18.9 Å². The molecule has 0 radical (unpaired) electrons. The van der Waals surface area contributed by atoms with Crippen molar-refractivity contribution < 1.29 is 9.13 Å². The van der Waals surface area contributed by atoms with E-state index >= 15 is 0 Å². The minimum absolute atomic E-state index is 0.161. The van der Waals surface area contributed by atoms with Gasteiger partial charge in [0.25, 0.3) is 0 Å². The summed E-state index contributed by atoms with van der Waals surface area (Å²) < 4.78 is 21.0. The lowest BCUT2D eigenvalue weighted by atomic mass is 10.2. The third-order valence-corrected chi connectivity index (χ3v) is 3.79. The molecule has 2 N–H and O–H groups in total. The molecule has 0 aliphatic heterocycles. The van der Waals surface area contributed by atoms with E-state index in [0.29, 0.717) is 22.9 Å². The number of aromatic nitrogens is 4. The van der Waals surface area contributed by atoms with E-state index < -0.39 is 5.82 Å². The smallest absolute Gasteiger partial charge is 0.165 e. The van der Waals surface area contributed by atoms with E-state index in [4.69, 9.17) is 10.5 Å². The van der Waals surface area contributed by atoms with Gasteiger partial charge in [0.1, 0.15) is 17.3 Å². The van der Waals surface area contributed by atoms with Crippen LogP contribution in [0, 0.1) is 5.82 Å². The Morgan fingerprint density at radius 1 is 1.32 bits per heavy atom. The van der Waals surface area contributed by atoms with Crippen LogP contribution in [-0.4, -0.2) is 26.7 Å². The normalized spacial score (nSPS) is 14.5. The molecular formula is C15H14FN5O. The number of nitrogens with two attached hydrogens (primary N) is 1. The van der Waals surface area contributed by atoms with E-state index in [9.17, 15) is 4.39 Å². The molecule has 3 aromatic heterocycles. The number of halogens is 1. The van der Waals surface area contributed by atoms with Crippen LogP contribution in [-0.2, 0) is 0 Å². The van der Waals surface area contributed by atoms with Crippen molar-refractivity contribution in [3.8, 4) is 17.0 Å². The average molecular weight is 299 g/mol. The number of rotatable bonds is 3. The highest BCUT2D eigenvalue weighted by molar-refractivity contribution is 5.76. The molecule has 6 nitrogen and oxygen atoms in total. The maximum absolute atomic E-state index is 14.1. The van der Waals surface area contributed by atoms with Gasteiger partial charge in [-0.3, -0.25) is 0 Å². The molecule has 0 aromatic carbocycles. The van der Waals surface area contributed by atoms with Crippen LogP contribution in [0.3, 0.4) is 0 Å². The molecule has 1 saturated carbocycles. The first-order chi connectivity index (χ1) is 10.7. The molecular weight excluding hydrogens is 285 g/mol. The molecule has 3 aromatic rings. The SMILES string of the molecule is COc1cn2ncc(-c3nc(N)ccc3F)c2nc1C1CC1. The summed E-state index contributed by atoms with van der Waals surface area (Å²) in [6.45, 7) is 0. The lowest BCUT2D eigenvalue weighted by Gasteiger charge is -2.08. The van der Waals surface area contributed by atoms with Gasteiger partial charge in [0.15, 0.2) is 11.4 Å². The predicted octanol–water partition coefficient (Wildman–Crippen LogP) is 2.40. The van der Waals surface area contributed by atoms with Gasteiger partial charge >= 0.3 is 0 Å². The Balaban J connectivity index is 1.95. The lowest BCUT2D eigenvalue weighted by Crippen LogP contribution is -2.01. The summed E-state index contributed by atoms with van der Waals surface area (Å²) in [6.07, 6.45) is 5.49. The van der Waals surface area contributed by atoms with Gasteiger partial charge in [-0.2, -0.15) is 5.10 Å². The summed E-state index contributed by atoms with van der Waals surface area (Å²) in [7, 11) is 1.61. The molecule has 4 rings (SSSR count). The summed E-state index contributed by atoms with van der Waals surface area (Å²) >= 11 is 0. The second-order valence-corrected chi connectivity index (χ2v) is 5.36. The number of pyridine rings is 1. The number of methoxy groups -OCH3 is 1. The van der Waals surface area contributed by atoms with Crippen LogP contribution < -0.4 is 10.5 Å². The standard InChI is InChI=1S/C15H14FN5O/c1-22-11-7-21-15(20-13(11)8-2-3-8)9(6-18-21)14-10(16)4-5-12(17)19-14/h4-8H,2-3H2,1H3,(H2,17,19). The predicted molar refractivity (Wildman–Crippen MR) is 79.1 cm³/mol. The zero-order valence-corrected chi connectivity index (χ0v) is 12.0. The largest absolute Gasteiger partial charge is 0.493 e. The van der Waals surface area contributed by atoms with Crippen LogP contribution in [0.4, 0.5) is 10.2 Å². The molecule has 3 heterocycles. The molecule has 1 fully saturated rings. The third-order valence-electron chi connectivity index (χ3n) is 3.79. The van der Waals surface area contributed by atoms with E-state index in [2.05, 4.69) is 15.1 Å². The minimum Gasteiger partial charge on any atom is -0.493 e. The average Bonchev–Trinajstić information content (AvgIpc) is 3.29. The molecule has 7 heteroatoms. The minimum atomic E-state index is -0.449. The number of hydrogen-bond donors (Lipinski definition) is 1. The molecule has 0 amide bonds. The van der Waals surface area contributed by atoms with Gasteiger partial charge in [-0.1, -0.05) is 0 Å². The highest BCUT2D eigenvalue weighted by atomic mass is 19.1. The molecule has 1 aliphatic carbocycles. The van der Waals surface area contributed by atoms with E-state index in [-0.39, 0.29) is 11.5 Å². The van der Waals surface area contributed by atoms with Crippen molar-refractivity contribution in [3.63, 3.8) is 0 Å². The van der Waals surface area contributed by atoms with Gasteiger partial charge in [0, 0.05) is 5.92 Å². The Morgan fingerprint density at radius 3 is 2.86 bits per heavy atom. The van der Waals surface area contributed by atoms with Gasteiger partial charge < -0.3 is 10.5 Å². The molecule has 0 spiro atoms. The second-order valence-electron chi connectivity index (χ2n) is 5.36. The van der Waals surface area contributed by atoms with Crippen molar-refractivity contribution in [3.05, 3.63) is 36.0 Å². The van der Waals surface area contributed by atoms with Gasteiger partial charge in [0.05, 0.1) is 30.8 Å². The molecule has 0 atom stereocenters. The Morgan fingerprint density at radius 2 is 2.14 bits per heavy atom. The van der Waals surface area contributed by atoms with E-state index in [1.165, 1.54) is 12.1 Å². The number of fused-ring (bicyclic) bond motifs is 1. The molecule has 0 bridgehead atoms. The summed E-state index contributed by atoms with van der Waals surface area (Å²) in [5, 5.41) is 4.22. The summed E-state index contributed by atoms with van der Waals surface area (Å²) in [5.74, 6) is 0.911. The first-order valence-corrected chi connectivity index (χ1v) is 7.02. The second kappa shape index (κ2) is 4.66. The first kappa shape index (κ1) is 13.0. The fraction of sp³-hybridized carbons (Fsp3) is 0.267. The number of nitrogen functional groups attached to an aromatic ring is 1. The van der Waals surface area contributed by atoms with Crippen LogP contribution in [0.25, 0.3) is 16.9 Å². The zero-order valence-electron chi connectivity index (χ0n) is 12.0. The molecule has 1 aliphatic rings. The van der Waals surface area contributed by atoms with Crippen molar-refractivity contribution >= 4 is 11.5 Å². The van der Waals surface area contributed by atoms with E-state index in [0.717, 1.165) is 18.5 Å². The monoisotopic (exact) mass is 299 g/mol. The Hall–Kier alpha value is -2.70. The van der Waals surface area contributed by atoms with Crippen molar-refractivity contribution in [2.45, 2.75) is 18.8 Å². The Labute approximate surface area is 125 Å². The topological polar surface area (TPSA) is 78.3 Å². The summed E-state index contributed by atoms with van der Waals surface area (Å²) in [5.41, 5.74) is 7.80. The highest BCUT2D eigenvalue weighted by Crippen LogP contribution is 2.43. The third kappa shape index (κ3) is 1.97. The number of hydrogen-bond acceptors (Lipinski definition) is 5. The van der Waals surface area contributed by atoms with Crippen molar-refractivity contribution in [1.29, 1.82) is 0 Å². The fourth-order valence-corrected chi connectivity index (χ4v) is 2.53. The van der Waals surface area contributed by atoms with E-state index in [1.54, 1.807) is 24.0 Å².